The smallest absolute Gasteiger partial charge is 0.0702 e. The van der Waals surface area contributed by atoms with Crippen LogP contribution < -0.4 is 0 Å². The highest BCUT2D eigenvalue weighted by molar-refractivity contribution is 5.02. The number of nitriles is 1. The summed E-state index contributed by atoms with van der Waals surface area (Å²) in [6.45, 7) is 0.734. The van der Waals surface area contributed by atoms with Crippen molar-refractivity contribution in [2.45, 2.75) is 37.7 Å². The molecule has 1 aliphatic carbocycles. The lowest BCUT2D eigenvalue weighted by Crippen LogP contribution is -2.28. The molecule has 1 aliphatic heterocycles. The van der Waals surface area contributed by atoms with Crippen LogP contribution >= 0.6 is 0 Å². The topological polar surface area (TPSA) is 33.0 Å². The van der Waals surface area contributed by atoms with Gasteiger partial charge in [0, 0.05) is 5.92 Å². The second-order valence-corrected chi connectivity index (χ2v) is 4.07. The molecule has 13 heavy (non-hydrogen) atoms. The van der Waals surface area contributed by atoms with Crippen LogP contribution in [0.15, 0.2) is 12.2 Å². The van der Waals surface area contributed by atoms with Crippen molar-refractivity contribution >= 4 is 0 Å². The first-order valence-corrected chi connectivity index (χ1v) is 5.03. The maximum Gasteiger partial charge on any atom is 0.0702 e. The Kier molecular flexibility index (Phi) is 2.37. The molecule has 0 aromatic carbocycles. The Balaban J connectivity index is 2.02. The van der Waals surface area contributed by atoms with E-state index in [1.165, 1.54) is 0 Å². The van der Waals surface area contributed by atoms with E-state index in [1.807, 2.05) is 0 Å². The Morgan fingerprint density at radius 3 is 3.08 bits per heavy atom. The number of allylic oxidation sites excluding steroid dienone is 1. The maximum absolute atomic E-state index is 8.83. The molecule has 0 unspecified atom stereocenters. The van der Waals surface area contributed by atoms with Gasteiger partial charge in [-0.3, -0.25) is 0 Å². The van der Waals surface area contributed by atoms with E-state index in [0.717, 1.165) is 38.7 Å². The van der Waals surface area contributed by atoms with E-state index in [-0.39, 0.29) is 11.5 Å². The van der Waals surface area contributed by atoms with Crippen LogP contribution in [0.4, 0.5) is 0 Å². The van der Waals surface area contributed by atoms with Gasteiger partial charge in [-0.1, -0.05) is 12.2 Å². The summed E-state index contributed by atoms with van der Waals surface area (Å²) in [4.78, 5) is 0. The number of hydrogen-bond acceptors (Lipinski definition) is 2. The number of ether oxygens (including phenoxy) is 1. The fourth-order valence-electron chi connectivity index (χ4n) is 2.39. The molecule has 1 fully saturated rings. The Hall–Kier alpha value is -0.810. The minimum atomic E-state index is 0.0455. The van der Waals surface area contributed by atoms with Gasteiger partial charge in [-0.25, -0.2) is 0 Å². The molecule has 0 bridgehead atoms. The van der Waals surface area contributed by atoms with Gasteiger partial charge in [0.1, 0.15) is 0 Å². The number of rotatable bonds is 0. The molecule has 2 nitrogen and oxygen atoms in total. The van der Waals surface area contributed by atoms with E-state index < -0.39 is 0 Å². The van der Waals surface area contributed by atoms with Crippen molar-refractivity contribution in [2.75, 3.05) is 6.61 Å². The van der Waals surface area contributed by atoms with Gasteiger partial charge in [0.2, 0.25) is 0 Å². The van der Waals surface area contributed by atoms with E-state index >= 15 is 0 Å². The number of nitrogens with zero attached hydrogens (tertiary/aromatic N) is 1. The fraction of sp³-hybridized carbons (Fsp3) is 0.727. The van der Waals surface area contributed by atoms with Gasteiger partial charge in [0.15, 0.2) is 0 Å². The summed E-state index contributed by atoms with van der Waals surface area (Å²) in [5, 5.41) is 8.83. The fourth-order valence-corrected chi connectivity index (χ4v) is 2.39. The van der Waals surface area contributed by atoms with Gasteiger partial charge < -0.3 is 4.74 Å². The first-order chi connectivity index (χ1) is 6.35. The average molecular weight is 177 g/mol. The monoisotopic (exact) mass is 177 g/mol. The van der Waals surface area contributed by atoms with Gasteiger partial charge in [0.25, 0.3) is 0 Å². The summed E-state index contributed by atoms with van der Waals surface area (Å²) < 4.78 is 5.85. The van der Waals surface area contributed by atoms with Crippen molar-refractivity contribution in [1.29, 1.82) is 5.26 Å². The zero-order chi connectivity index (χ0) is 9.15. The van der Waals surface area contributed by atoms with Crippen LogP contribution in [-0.2, 0) is 4.74 Å². The summed E-state index contributed by atoms with van der Waals surface area (Å²) in [5.74, 6) is 0.234. The normalized spacial score (nSPS) is 38.8. The highest BCUT2D eigenvalue weighted by Gasteiger charge is 2.39. The molecule has 0 aromatic heterocycles. The molecule has 0 aromatic rings. The van der Waals surface area contributed by atoms with Crippen LogP contribution in [0.2, 0.25) is 0 Å². The van der Waals surface area contributed by atoms with Crippen molar-refractivity contribution in [2.24, 2.45) is 5.92 Å². The molecule has 0 N–H and O–H groups in total. The quantitative estimate of drug-likeness (QED) is 0.532. The predicted octanol–water partition coefficient (Wildman–Crippen LogP) is 2.42. The molecule has 1 saturated carbocycles. The Bertz CT molecular complexity index is 241. The highest BCUT2D eigenvalue weighted by atomic mass is 16.5. The van der Waals surface area contributed by atoms with Crippen molar-refractivity contribution in [3.8, 4) is 6.07 Å². The molecular formula is C11H15NO. The molecule has 1 spiro atoms. The van der Waals surface area contributed by atoms with Crippen LogP contribution in [0.1, 0.15) is 32.1 Å². The molecule has 1 heterocycles. The minimum Gasteiger partial charge on any atom is -0.371 e. The van der Waals surface area contributed by atoms with Gasteiger partial charge in [0.05, 0.1) is 18.3 Å². The Labute approximate surface area is 79.2 Å². The summed E-state index contributed by atoms with van der Waals surface area (Å²) in [7, 11) is 0. The van der Waals surface area contributed by atoms with Gasteiger partial charge in [-0.15, -0.1) is 0 Å². The third-order valence-electron chi connectivity index (χ3n) is 3.17. The van der Waals surface area contributed by atoms with Gasteiger partial charge in [-0.05, 0) is 32.1 Å². The zero-order valence-electron chi connectivity index (χ0n) is 7.83. The molecule has 70 valence electrons. The Morgan fingerprint density at radius 2 is 2.31 bits per heavy atom. The first kappa shape index (κ1) is 8.77. The van der Waals surface area contributed by atoms with E-state index in [2.05, 4.69) is 18.2 Å². The molecule has 2 heteroatoms. The van der Waals surface area contributed by atoms with Crippen LogP contribution in [0.25, 0.3) is 0 Å². The Morgan fingerprint density at radius 1 is 1.38 bits per heavy atom. The van der Waals surface area contributed by atoms with Crippen molar-refractivity contribution in [3.05, 3.63) is 12.2 Å². The second kappa shape index (κ2) is 3.51. The third kappa shape index (κ3) is 1.76. The van der Waals surface area contributed by atoms with Crippen LogP contribution in [0, 0.1) is 17.2 Å². The first-order valence-electron chi connectivity index (χ1n) is 5.03. The van der Waals surface area contributed by atoms with Gasteiger partial charge in [-0.2, -0.15) is 5.26 Å². The third-order valence-corrected chi connectivity index (χ3v) is 3.17. The van der Waals surface area contributed by atoms with E-state index in [0.29, 0.717) is 0 Å². The summed E-state index contributed by atoms with van der Waals surface area (Å²) in [5.41, 5.74) is 0.0455. The average Bonchev–Trinajstić information content (AvgIpc) is 2.40. The summed E-state index contributed by atoms with van der Waals surface area (Å²) in [6.07, 6.45) is 9.54. The van der Waals surface area contributed by atoms with Crippen LogP contribution in [-0.4, -0.2) is 12.2 Å². The largest absolute Gasteiger partial charge is 0.371 e. The molecule has 0 radical (unpaired) electrons. The molecule has 2 aliphatic rings. The number of hydrogen-bond donors (Lipinski definition) is 0. The molecule has 2 atom stereocenters. The van der Waals surface area contributed by atoms with Crippen molar-refractivity contribution in [3.63, 3.8) is 0 Å². The van der Waals surface area contributed by atoms with Crippen LogP contribution in [0.5, 0.6) is 0 Å². The predicted molar refractivity (Wildman–Crippen MR) is 50.0 cm³/mol. The molecular weight excluding hydrogens is 162 g/mol. The van der Waals surface area contributed by atoms with E-state index in [1.54, 1.807) is 0 Å². The lowest BCUT2D eigenvalue weighted by atomic mass is 9.95. The van der Waals surface area contributed by atoms with E-state index in [9.17, 15) is 0 Å². The van der Waals surface area contributed by atoms with Crippen molar-refractivity contribution in [1.82, 2.24) is 0 Å². The SMILES string of the molecule is N#C[C@H]1CC[C@@]2(CCC=CCO2)C1. The standard InChI is InChI=1S/C11H15NO/c12-9-10-4-6-11(8-10)5-2-1-3-7-13-11/h1,3,10H,2,4-8H2/t10-,11-/m0/s1. The molecule has 0 saturated heterocycles. The van der Waals surface area contributed by atoms with Crippen molar-refractivity contribution < 1.29 is 4.74 Å². The zero-order valence-corrected chi connectivity index (χ0v) is 7.83. The van der Waals surface area contributed by atoms with Gasteiger partial charge >= 0.3 is 0 Å². The molecule has 0 amide bonds. The molecule has 2 rings (SSSR count). The summed E-state index contributed by atoms with van der Waals surface area (Å²) >= 11 is 0. The lowest BCUT2D eigenvalue weighted by molar-refractivity contribution is -0.0295. The van der Waals surface area contributed by atoms with E-state index in [4.69, 9.17) is 10.00 Å². The lowest BCUT2D eigenvalue weighted by Gasteiger charge is -2.27. The highest BCUT2D eigenvalue weighted by Crippen LogP contribution is 2.41. The summed E-state index contributed by atoms with van der Waals surface area (Å²) in [6, 6.07) is 2.36. The second-order valence-electron chi connectivity index (χ2n) is 4.07. The maximum atomic E-state index is 8.83. The van der Waals surface area contributed by atoms with Crippen LogP contribution in [0.3, 0.4) is 0 Å². The minimum absolute atomic E-state index is 0.0455.